The van der Waals surface area contributed by atoms with Crippen molar-refractivity contribution >= 4 is 11.6 Å². The summed E-state index contributed by atoms with van der Waals surface area (Å²) in [6, 6.07) is 7.22. The fourth-order valence-electron chi connectivity index (χ4n) is 2.21. The largest absolute Gasteiger partial charge is 0.496 e. The first-order valence-electron chi connectivity index (χ1n) is 6.92. The van der Waals surface area contributed by atoms with Gasteiger partial charge in [0.2, 0.25) is 0 Å². The normalized spacial score (nSPS) is 13.0. The second kappa shape index (κ2) is 7.19. The summed E-state index contributed by atoms with van der Waals surface area (Å²) in [5.74, 6) is 0.632. The molecular formula is C16H16ClF3N2O. The molecule has 2 rings (SSSR count). The molecule has 2 N–H and O–H groups in total. The van der Waals surface area contributed by atoms with Crippen molar-refractivity contribution in [1.82, 2.24) is 4.98 Å². The number of nitrogens with zero attached hydrogens (tertiary/aromatic N) is 1. The molecule has 0 aliphatic carbocycles. The van der Waals surface area contributed by atoms with Gasteiger partial charge in [0.25, 0.3) is 0 Å². The van der Waals surface area contributed by atoms with Crippen LogP contribution in [-0.4, -0.2) is 12.1 Å². The minimum absolute atomic E-state index is 0.342. The molecule has 0 bridgehead atoms. The molecule has 23 heavy (non-hydrogen) atoms. The van der Waals surface area contributed by atoms with E-state index in [1.54, 1.807) is 25.3 Å². The van der Waals surface area contributed by atoms with Gasteiger partial charge in [-0.1, -0.05) is 17.7 Å². The van der Waals surface area contributed by atoms with Crippen LogP contribution in [0.3, 0.4) is 0 Å². The Balaban J connectivity index is 2.04. The van der Waals surface area contributed by atoms with Crippen molar-refractivity contribution in [1.29, 1.82) is 0 Å². The molecule has 1 heterocycles. The lowest BCUT2D eigenvalue weighted by Crippen LogP contribution is -2.13. The second-order valence-electron chi connectivity index (χ2n) is 5.08. The number of rotatable bonds is 5. The van der Waals surface area contributed by atoms with E-state index in [0.717, 1.165) is 11.6 Å². The highest BCUT2D eigenvalue weighted by molar-refractivity contribution is 6.30. The number of methoxy groups -OCH3 is 1. The number of alkyl halides is 3. The summed E-state index contributed by atoms with van der Waals surface area (Å²) >= 11 is 5.97. The molecule has 2 aromatic rings. The van der Waals surface area contributed by atoms with E-state index in [-0.39, 0.29) is 6.04 Å². The molecule has 7 heteroatoms. The zero-order valence-electron chi connectivity index (χ0n) is 12.4. The Hall–Kier alpha value is -1.79. The summed E-state index contributed by atoms with van der Waals surface area (Å²) in [6.07, 6.45) is -2.17. The molecule has 1 aromatic heterocycles. The number of halogens is 4. The molecule has 0 saturated heterocycles. The van der Waals surface area contributed by atoms with E-state index in [2.05, 4.69) is 4.98 Å². The summed E-state index contributed by atoms with van der Waals surface area (Å²) < 4.78 is 42.7. The molecule has 1 atom stereocenters. The van der Waals surface area contributed by atoms with Crippen molar-refractivity contribution < 1.29 is 17.9 Å². The predicted octanol–water partition coefficient (Wildman–Crippen LogP) is 4.40. The Morgan fingerprint density at radius 2 is 2.00 bits per heavy atom. The van der Waals surface area contributed by atoms with Gasteiger partial charge in [-0.05, 0) is 42.7 Å². The van der Waals surface area contributed by atoms with Crippen LogP contribution in [0, 0.1) is 0 Å². The average Bonchev–Trinajstić information content (AvgIpc) is 2.52. The quantitative estimate of drug-likeness (QED) is 0.874. The molecule has 124 valence electrons. The third-order valence-corrected chi connectivity index (χ3v) is 3.69. The monoisotopic (exact) mass is 344 g/mol. The van der Waals surface area contributed by atoms with Crippen molar-refractivity contribution in [2.75, 3.05) is 7.11 Å². The molecule has 0 amide bonds. The Morgan fingerprint density at radius 1 is 1.26 bits per heavy atom. The van der Waals surface area contributed by atoms with Gasteiger partial charge in [-0.2, -0.15) is 13.2 Å². The zero-order valence-corrected chi connectivity index (χ0v) is 13.2. The smallest absolute Gasteiger partial charge is 0.433 e. The number of pyridine rings is 1. The van der Waals surface area contributed by atoms with Crippen LogP contribution in [0.25, 0.3) is 0 Å². The molecule has 0 fully saturated rings. The predicted molar refractivity (Wildman–Crippen MR) is 82.5 cm³/mol. The van der Waals surface area contributed by atoms with E-state index in [0.29, 0.717) is 29.2 Å². The van der Waals surface area contributed by atoms with Crippen LogP contribution in [-0.2, 0) is 12.6 Å². The molecular weight excluding hydrogens is 329 g/mol. The molecule has 0 saturated carbocycles. The second-order valence-corrected chi connectivity index (χ2v) is 5.52. The van der Waals surface area contributed by atoms with Gasteiger partial charge in [-0.15, -0.1) is 0 Å². The number of aryl methyl sites for hydroxylation is 1. The number of ether oxygens (including phenoxy) is 1. The van der Waals surface area contributed by atoms with Crippen LogP contribution >= 0.6 is 11.6 Å². The summed E-state index contributed by atoms with van der Waals surface area (Å²) in [4.78, 5) is 3.44. The minimum Gasteiger partial charge on any atom is -0.496 e. The first kappa shape index (κ1) is 17.6. The first-order valence-corrected chi connectivity index (χ1v) is 7.30. The average molecular weight is 345 g/mol. The standard InChI is InChI=1S/C16H16ClF3N2O/c1-23-14-6-4-11(17)8-12(14)13(21)5-2-10-3-7-15(22-9-10)16(18,19)20/h3-4,6-9,13H,2,5,21H2,1H3/t13-/m0/s1. The lowest BCUT2D eigenvalue weighted by Gasteiger charge is -2.16. The molecule has 0 aliphatic rings. The van der Waals surface area contributed by atoms with Crippen LogP contribution in [0.5, 0.6) is 5.75 Å². The van der Waals surface area contributed by atoms with Gasteiger partial charge in [0.05, 0.1) is 7.11 Å². The van der Waals surface area contributed by atoms with Crippen LogP contribution in [0.2, 0.25) is 5.02 Å². The van der Waals surface area contributed by atoms with Crippen molar-refractivity contribution in [3.05, 3.63) is 58.4 Å². The number of benzene rings is 1. The van der Waals surface area contributed by atoms with Gasteiger partial charge in [0.1, 0.15) is 11.4 Å². The van der Waals surface area contributed by atoms with Crippen molar-refractivity contribution in [2.45, 2.75) is 25.1 Å². The van der Waals surface area contributed by atoms with Crippen LogP contribution in [0.4, 0.5) is 13.2 Å². The van der Waals surface area contributed by atoms with E-state index in [1.165, 1.54) is 12.3 Å². The Labute approximate surface area is 137 Å². The fraction of sp³-hybridized carbons (Fsp3) is 0.312. The zero-order chi connectivity index (χ0) is 17.0. The third-order valence-electron chi connectivity index (χ3n) is 3.45. The van der Waals surface area contributed by atoms with Gasteiger partial charge in [-0.25, -0.2) is 0 Å². The van der Waals surface area contributed by atoms with Crippen molar-refractivity contribution in [2.24, 2.45) is 5.73 Å². The van der Waals surface area contributed by atoms with Gasteiger partial charge >= 0.3 is 6.18 Å². The van der Waals surface area contributed by atoms with Crippen LogP contribution in [0.1, 0.15) is 29.3 Å². The van der Waals surface area contributed by atoms with Crippen LogP contribution in [0.15, 0.2) is 36.5 Å². The van der Waals surface area contributed by atoms with Crippen molar-refractivity contribution in [3.8, 4) is 5.75 Å². The van der Waals surface area contributed by atoms with Crippen LogP contribution < -0.4 is 10.5 Å². The lowest BCUT2D eigenvalue weighted by atomic mass is 9.99. The molecule has 0 radical (unpaired) electrons. The Kier molecular flexibility index (Phi) is 5.49. The Bertz CT molecular complexity index is 659. The van der Waals surface area contributed by atoms with E-state index in [9.17, 15) is 13.2 Å². The van der Waals surface area contributed by atoms with Gasteiger partial charge in [-0.3, -0.25) is 4.98 Å². The number of nitrogens with two attached hydrogens (primary N) is 1. The Morgan fingerprint density at radius 3 is 2.57 bits per heavy atom. The third kappa shape index (κ3) is 4.59. The first-order chi connectivity index (χ1) is 10.8. The summed E-state index contributed by atoms with van der Waals surface area (Å²) in [5.41, 5.74) is 6.70. The van der Waals surface area contributed by atoms with Crippen molar-refractivity contribution in [3.63, 3.8) is 0 Å². The summed E-state index contributed by atoms with van der Waals surface area (Å²) in [7, 11) is 1.54. The van der Waals surface area contributed by atoms with Gasteiger partial charge in [0, 0.05) is 22.8 Å². The number of hydrogen-bond donors (Lipinski definition) is 1. The van der Waals surface area contributed by atoms with E-state index >= 15 is 0 Å². The molecule has 3 nitrogen and oxygen atoms in total. The summed E-state index contributed by atoms with van der Waals surface area (Å²) in [5, 5.41) is 0.549. The highest BCUT2D eigenvalue weighted by Gasteiger charge is 2.31. The highest BCUT2D eigenvalue weighted by atomic mass is 35.5. The van der Waals surface area contributed by atoms with E-state index in [4.69, 9.17) is 22.1 Å². The maximum atomic E-state index is 12.5. The fourth-order valence-corrected chi connectivity index (χ4v) is 2.39. The summed E-state index contributed by atoms with van der Waals surface area (Å²) in [6.45, 7) is 0. The number of aromatic nitrogens is 1. The molecule has 1 aromatic carbocycles. The topological polar surface area (TPSA) is 48.1 Å². The van der Waals surface area contributed by atoms with E-state index < -0.39 is 11.9 Å². The maximum absolute atomic E-state index is 12.5. The minimum atomic E-state index is -4.43. The molecule has 0 spiro atoms. The molecule has 0 aliphatic heterocycles. The number of hydrogen-bond acceptors (Lipinski definition) is 3. The van der Waals surface area contributed by atoms with E-state index in [1.807, 2.05) is 0 Å². The SMILES string of the molecule is COc1ccc(Cl)cc1[C@@H](N)CCc1ccc(C(F)(F)F)nc1. The van der Waals surface area contributed by atoms with Gasteiger partial charge < -0.3 is 10.5 Å². The lowest BCUT2D eigenvalue weighted by molar-refractivity contribution is -0.141. The highest BCUT2D eigenvalue weighted by Crippen LogP contribution is 2.30. The molecule has 0 unspecified atom stereocenters. The maximum Gasteiger partial charge on any atom is 0.433 e. The van der Waals surface area contributed by atoms with Gasteiger partial charge in [0.15, 0.2) is 0 Å².